The number of piperidine rings is 1. The molecule has 1 aliphatic carbocycles. The molecule has 2 aliphatic rings. The first kappa shape index (κ1) is 12.6. The first-order valence-electron chi connectivity index (χ1n) is 6.77. The van der Waals surface area contributed by atoms with Crippen molar-refractivity contribution in [2.75, 3.05) is 26.2 Å². The molecule has 2 fully saturated rings. The van der Waals surface area contributed by atoms with Crippen LogP contribution in [0.3, 0.4) is 0 Å². The largest absolute Gasteiger partial charge is 0.335 e. The summed E-state index contributed by atoms with van der Waals surface area (Å²) in [5, 5.41) is 6.09. The lowest BCUT2D eigenvalue weighted by Gasteiger charge is -2.33. The van der Waals surface area contributed by atoms with Crippen molar-refractivity contribution in [2.45, 2.75) is 44.2 Å². The number of likely N-dealkylation sites (tertiary alicyclic amines) is 1. The molecule has 0 atom stereocenters. The third kappa shape index (κ3) is 3.85. The maximum atomic E-state index is 11.7. The summed E-state index contributed by atoms with van der Waals surface area (Å²) in [6, 6.07) is 0.781. The fourth-order valence-electron chi connectivity index (χ4n) is 2.45. The van der Waals surface area contributed by atoms with E-state index in [0.717, 1.165) is 51.9 Å². The van der Waals surface area contributed by atoms with E-state index in [2.05, 4.69) is 15.5 Å². The van der Waals surface area contributed by atoms with Crippen LogP contribution in [0.5, 0.6) is 0 Å². The molecule has 1 saturated heterocycles. The summed E-state index contributed by atoms with van der Waals surface area (Å²) in [6.45, 7) is 3.79. The number of nitrogens with two attached hydrogens (primary N) is 1. The highest BCUT2D eigenvalue weighted by molar-refractivity contribution is 5.74. The van der Waals surface area contributed by atoms with Crippen molar-refractivity contribution in [3.63, 3.8) is 0 Å². The number of nitrogens with one attached hydrogen (secondary N) is 2. The van der Waals surface area contributed by atoms with Crippen molar-refractivity contribution in [3.05, 3.63) is 0 Å². The Kier molecular flexibility index (Phi) is 4.62. The van der Waals surface area contributed by atoms with Crippen LogP contribution in [0.15, 0.2) is 0 Å². The van der Waals surface area contributed by atoms with Crippen LogP contribution in [0.25, 0.3) is 0 Å². The first-order chi connectivity index (χ1) is 8.28. The second-order valence-electron chi connectivity index (χ2n) is 5.15. The molecule has 98 valence electrons. The van der Waals surface area contributed by atoms with E-state index in [1.54, 1.807) is 0 Å². The van der Waals surface area contributed by atoms with Crippen LogP contribution >= 0.6 is 0 Å². The number of carbonyl (C=O) groups is 1. The molecular weight excluding hydrogens is 216 g/mol. The fourth-order valence-corrected chi connectivity index (χ4v) is 2.45. The topological polar surface area (TPSA) is 70.4 Å². The van der Waals surface area contributed by atoms with Crippen LogP contribution in [-0.2, 0) is 0 Å². The van der Waals surface area contributed by atoms with Gasteiger partial charge in [-0.25, -0.2) is 4.79 Å². The molecule has 4 N–H and O–H groups in total. The standard InChI is InChI=1S/C12H24N4O/c13-6-9-16-7-4-11(5-8-16)15-12(17)14-10-2-1-3-10/h10-11H,1-9,13H2,(H2,14,15,17). The molecule has 1 saturated carbocycles. The lowest BCUT2D eigenvalue weighted by molar-refractivity contribution is 0.191. The van der Waals surface area contributed by atoms with E-state index in [1.165, 1.54) is 6.42 Å². The van der Waals surface area contributed by atoms with Crippen LogP contribution in [0.1, 0.15) is 32.1 Å². The normalized spacial score (nSPS) is 23.1. The molecule has 5 heteroatoms. The van der Waals surface area contributed by atoms with Crippen molar-refractivity contribution in [3.8, 4) is 0 Å². The Balaban J connectivity index is 1.61. The van der Waals surface area contributed by atoms with Gasteiger partial charge < -0.3 is 21.3 Å². The van der Waals surface area contributed by atoms with Crippen LogP contribution in [0.4, 0.5) is 4.79 Å². The van der Waals surface area contributed by atoms with Gasteiger partial charge in [-0.15, -0.1) is 0 Å². The molecular formula is C12H24N4O. The van der Waals surface area contributed by atoms with Gasteiger partial charge in [-0.1, -0.05) is 0 Å². The lowest BCUT2D eigenvalue weighted by atomic mass is 9.93. The molecule has 0 aromatic rings. The van der Waals surface area contributed by atoms with E-state index in [0.29, 0.717) is 12.1 Å². The minimum atomic E-state index is 0.0203. The second kappa shape index (κ2) is 6.21. The maximum absolute atomic E-state index is 11.7. The molecule has 1 heterocycles. The average Bonchev–Trinajstić information content (AvgIpc) is 2.27. The SMILES string of the molecule is NCCN1CCC(NC(=O)NC2CCC2)CC1. The Morgan fingerprint density at radius 3 is 2.18 bits per heavy atom. The number of amides is 2. The molecule has 5 nitrogen and oxygen atoms in total. The summed E-state index contributed by atoms with van der Waals surface area (Å²) in [5.74, 6) is 0. The van der Waals surface area contributed by atoms with E-state index < -0.39 is 0 Å². The van der Waals surface area contributed by atoms with Gasteiger partial charge in [0.1, 0.15) is 0 Å². The highest BCUT2D eigenvalue weighted by Crippen LogP contribution is 2.18. The Morgan fingerprint density at radius 2 is 1.71 bits per heavy atom. The molecule has 0 unspecified atom stereocenters. The van der Waals surface area contributed by atoms with Gasteiger partial charge >= 0.3 is 6.03 Å². The van der Waals surface area contributed by atoms with Crippen LogP contribution in [-0.4, -0.2) is 49.2 Å². The first-order valence-corrected chi connectivity index (χ1v) is 6.77. The Morgan fingerprint density at radius 1 is 1.12 bits per heavy atom. The third-order valence-electron chi connectivity index (χ3n) is 3.81. The summed E-state index contributed by atoms with van der Waals surface area (Å²) in [5.41, 5.74) is 5.53. The number of urea groups is 1. The van der Waals surface area contributed by atoms with E-state index >= 15 is 0 Å². The van der Waals surface area contributed by atoms with Crippen molar-refractivity contribution in [1.29, 1.82) is 0 Å². The number of nitrogens with zero attached hydrogens (tertiary/aromatic N) is 1. The van der Waals surface area contributed by atoms with E-state index in [-0.39, 0.29) is 6.03 Å². The smallest absolute Gasteiger partial charge is 0.315 e. The van der Waals surface area contributed by atoms with Gasteiger partial charge in [-0.3, -0.25) is 0 Å². The molecule has 2 rings (SSSR count). The Bertz CT molecular complexity index is 247. The van der Waals surface area contributed by atoms with Gasteiger partial charge in [-0.05, 0) is 32.1 Å². The highest BCUT2D eigenvalue weighted by atomic mass is 16.2. The van der Waals surface area contributed by atoms with Gasteiger partial charge in [-0.2, -0.15) is 0 Å². The number of carbonyl (C=O) groups excluding carboxylic acids is 1. The quantitative estimate of drug-likeness (QED) is 0.660. The predicted octanol–water partition coefficient (Wildman–Crippen LogP) is 0.261. The van der Waals surface area contributed by atoms with Gasteiger partial charge in [0.15, 0.2) is 0 Å². The van der Waals surface area contributed by atoms with Gasteiger partial charge in [0, 0.05) is 38.3 Å². The van der Waals surface area contributed by atoms with Crippen molar-refractivity contribution < 1.29 is 4.79 Å². The second-order valence-corrected chi connectivity index (χ2v) is 5.15. The Hall–Kier alpha value is -0.810. The summed E-state index contributed by atoms with van der Waals surface area (Å²) in [4.78, 5) is 14.0. The zero-order valence-corrected chi connectivity index (χ0v) is 10.5. The molecule has 0 aromatic carbocycles. The molecule has 2 amide bonds. The molecule has 0 aromatic heterocycles. The number of hydrogen-bond donors (Lipinski definition) is 3. The van der Waals surface area contributed by atoms with Crippen molar-refractivity contribution in [2.24, 2.45) is 5.73 Å². The van der Waals surface area contributed by atoms with Gasteiger partial charge in [0.25, 0.3) is 0 Å². The van der Waals surface area contributed by atoms with Crippen LogP contribution < -0.4 is 16.4 Å². The van der Waals surface area contributed by atoms with Crippen LogP contribution in [0.2, 0.25) is 0 Å². The molecule has 0 radical (unpaired) electrons. The fraction of sp³-hybridized carbons (Fsp3) is 0.917. The van der Waals surface area contributed by atoms with Gasteiger partial charge in [0.05, 0.1) is 0 Å². The zero-order valence-electron chi connectivity index (χ0n) is 10.5. The maximum Gasteiger partial charge on any atom is 0.315 e. The minimum absolute atomic E-state index is 0.0203. The average molecular weight is 240 g/mol. The summed E-state index contributed by atoms with van der Waals surface area (Å²) in [6.07, 6.45) is 5.61. The zero-order chi connectivity index (χ0) is 12.1. The summed E-state index contributed by atoms with van der Waals surface area (Å²) >= 11 is 0. The summed E-state index contributed by atoms with van der Waals surface area (Å²) < 4.78 is 0. The molecule has 0 bridgehead atoms. The van der Waals surface area contributed by atoms with Crippen LogP contribution in [0, 0.1) is 0 Å². The Labute approximate surface area is 103 Å². The monoisotopic (exact) mass is 240 g/mol. The predicted molar refractivity (Wildman–Crippen MR) is 67.8 cm³/mol. The molecule has 1 aliphatic heterocycles. The lowest BCUT2D eigenvalue weighted by Crippen LogP contribution is -2.51. The van der Waals surface area contributed by atoms with Crippen molar-refractivity contribution in [1.82, 2.24) is 15.5 Å². The van der Waals surface area contributed by atoms with E-state index in [9.17, 15) is 4.79 Å². The third-order valence-corrected chi connectivity index (χ3v) is 3.81. The van der Waals surface area contributed by atoms with Crippen molar-refractivity contribution >= 4 is 6.03 Å². The highest BCUT2D eigenvalue weighted by Gasteiger charge is 2.23. The number of hydrogen-bond acceptors (Lipinski definition) is 3. The molecule has 17 heavy (non-hydrogen) atoms. The van der Waals surface area contributed by atoms with Gasteiger partial charge in [0.2, 0.25) is 0 Å². The minimum Gasteiger partial charge on any atom is -0.335 e. The molecule has 0 spiro atoms. The van der Waals surface area contributed by atoms with E-state index in [4.69, 9.17) is 5.73 Å². The summed E-state index contributed by atoms with van der Waals surface area (Å²) in [7, 11) is 0. The van der Waals surface area contributed by atoms with E-state index in [1.807, 2.05) is 0 Å². The number of rotatable bonds is 4.